The standard InChI is InChI=1S/C9H14N4O2S/c1-16(14,15)13-6-2-3-8(13)7-4-5-11-9(10)12-7/h4-5,8H,2-3,6H2,1H3,(H2,10,11,12). The van der Waals surface area contributed by atoms with Gasteiger partial charge in [-0.2, -0.15) is 4.31 Å². The molecular formula is C9H14N4O2S. The lowest BCUT2D eigenvalue weighted by molar-refractivity contribution is 0.394. The molecule has 2 heterocycles. The van der Waals surface area contributed by atoms with E-state index in [0.29, 0.717) is 12.2 Å². The SMILES string of the molecule is CS(=O)(=O)N1CCCC1c1ccnc(N)n1. The van der Waals surface area contributed by atoms with Crippen molar-refractivity contribution in [3.63, 3.8) is 0 Å². The quantitative estimate of drug-likeness (QED) is 0.797. The van der Waals surface area contributed by atoms with E-state index in [-0.39, 0.29) is 12.0 Å². The van der Waals surface area contributed by atoms with Crippen LogP contribution in [0, 0.1) is 0 Å². The second-order valence-corrected chi connectivity index (χ2v) is 5.81. The van der Waals surface area contributed by atoms with Crippen molar-refractivity contribution >= 4 is 16.0 Å². The van der Waals surface area contributed by atoms with Crippen molar-refractivity contribution < 1.29 is 8.42 Å². The molecule has 1 aliphatic rings. The summed E-state index contributed by atoms with van der Waals surface area (Å²) in [6.07, 6.45) is 4.40. The van der Waals surface area contributed by atoms with Gasteiger partial charge in [0.1, 0.15) is 0 Å². The van der Waals surface area contributed by atoms with Crippen LogP contribution in [-0.4, -0.2) is 35.5 Å². The fraction of sp³-hybridized carbons (Fsp3) is 0.556. The number of hydrogen-bond acceptors (Lipinski definition) is 5. The summed E-state index contributed by atoms with van der Waals surface area (Å²) >= 11 is 0. The lowest BCUT2D eigenvalue weighted by Gasteiger charge is -2.21. The lowest BCUT2D eigenvalue weighted by Crippen LogP contribution is -2.30. The highest BCUT2D eigenvalue weighted by molar-refractivity contribution is 7.88. The normalized spacial score (nSPS) is 22.4. The van der Waals surface area contributed by atoms with E-state index in [4.69, 9.17) is 5.73 Å². The zero-order chi connectivity index (χ0) is 11.8. The highest BCUT2D eigenvalue weighted by atomic mass is 32.2. The minimum Gasteiger partial charge on any atom is -0.368 e. The maximum absolute atomic E-state index is 11.6. The number of nitrogen functional groups attached to an aromatic ring is 1. The van der Waals surface area contributed by atoms with Gasteiger partial charge in [-0.3, -0.25) is 0 Å². The van der Waals surface area contributed by atoms with Crippen LogP contribution in [0.25, 0.3) is 0 Å². The third kappa shape index (κ3) is 2.14. The Kier molecular flexibility index (Phi) is 2.81. The van der Waals surface area contributed by atoms with E-state index in [2.05, 4.69) is 9.97 Å². The smallest absolute Gasteiger partial charge is 0.220 e. The van der Waals surface area contributed by atoms with Gasteiger partial charge in [0.15, 0.2) is 0 Å². The van der Waals surface area contributed by atoms with Gasteiger partial charge in [-0.1, -0.05) is 0 Å². The first kappa shape index (κ1) is 11.3. The molecule has 1 unspecified atom stereocenters. The molecule has 16 heavy (non-hydrogen) atoms. The fourth-order valence-corrected chi connectivity index (χ4v) is 3.14. The maximum atomic E-state index is 11.6. The molecule has 0 aliphatic carbocycles. The number of rotatable bonds is 2. The van der Waals surface area contributed by atoms with Crippen molar-refractivity contribution in [3.8, 4) is 0 Å². The van der Waals surface area contributed by atoms with Gasteiger partial charge in [-0.15, -0.1) is 0 Å². The first-order chi connectivity index (χ1) is 7.48. The number of nitrogens with zero attached hydrogens (tertiary/aromatic N) is 3. The summed E-state index contributed by atoms with van der Waals surface area (Å²) in [6.45, 7) is 0.549. The van der Waals surface area contributed by atoms with Gasteiger partial charge < -0.3 is 5.73 Å². The van der Waals surface area contributed by atoms with Gasteiger partial charge in [0.2, 0.25) is 16.0 Å². The third-order valence-corrected chi connectivity index (χ3v) is 3.96. The largest absolute Gasteiger partial charge is 0.368 e. The van der Waals surface area contributed by atoms with Crippen LogP contribution in [0.1, 0.15) is 24.6 Å². The molecule has 0 amide bonds. The molecule has 1 aromatic heterocycles. The van der Waals surface area contributed by atoms with Crippen LogP contribution in [-0.2, 0) is 10.0 Å². The zero-order valence-corrected chi connectivity index (χ0v) is 9.81. The highest BCUT2D eigenvalue weighted by Crippen LogP contribution is 2.32. The average Bonchev–Trinajstić information content (AvgIpc) is 2.65. The first-order valence-corrected chi connectivity index (χ1v) is 6.88. The fourth-order valence-electron chi connectivity index (χ4n) is 2.01. The summed E-state index contributed by atoms with van der Waals surface area (Å²) in [5, 5.41) is 0. The van der Waals surface area contributed by atoms with E-state index < -0.39 is 10.0 Å². The van der Waals surface area contributed by atoms with E-state index in [0.717, 1.165) is 12.8 Å². The Bertz CT molecular complexity index is 488. The Hall–Kier alpha value is -1.21. The molecule has 0 spiro atoms. The van der Waals surface area contributed by atoms with Gasteiger partial charge >= 0.3 is 0 Å². The molecule has 88 valence electrons. The van der Waals surface area contributed by atoms with Crippen molar-refractivity contribution in [3.05, 3.63) is 18.0 Å². The van der Waals surface area contributed by atoms with Crippen molar-refractivity contribution in [2.45, 2.75) is 18.9 Å². The van der Waals surface area contributed by atoms with Gasteiger partial charge in [-0.25, -0.2) is 18.4 Å². The molecule has 2 N–H and O–H groups in total. The molecule has 0 radical (unpaired) electrons. The second-order valence-electron chi connectivity index (χ2n) is 3.87. The summed E-state index contributed by atoms with van der Waals surface area (Å²) in [5.74, 6) is 0.179. The van der Waals surface area contributed by atoms with E-state index in [9.17, 15) is 8.42 Å². The highest BCUT2D eigenvalue weighted by Gasteiger charge is 2.33. The molecule has 1 saturated heterocycles. The Labute approximate surface area is 94.6 Å². The summed E-state index contributed by atoms with van der Waals surface area (Å²) in [6, 6.07) is 1.52. The van der Waals surface area contributed by atoms with E-state index in [1.54, 1.807) is 12.3 Å². The summed E-state index contributed by atoms with van der Waals surface area (Å²) in [7, 11) is -3.18. The molecule has 2 rings (SSSR count). The number of nitrogens with two attached hydrogens (primary N) is 1. The van der Waals surface area contributed by atoms with Gasteiger partial charge in [0, 0.05) is 12.7 Å². The number of anilines is 1. The number of sulfonamides is 1. The van der Waals surface area contributed by atoms with Gasteiger partial charge in [0.05, 0.1) is 18.0 Å². The zero-order valence-electron chi connectivity index (χ0n) is 9.00. The topological polar surface area (TPSA) is 89.2 Å². The van der Waals surface area contributed by atoms with Gasteiger partial charge in [0.25, 0.3) is 0 Å². The van der Waals surface area contributed by atoms with Crippen LogP contribution < -0.4 is 5.73 Å². The van der Waals surface area contributed by atoms with Crippen LogP contribution in [0.15, 0.2) is 12.3 Å². The molecule has 1 aliphatic heterocycles. The van der Waals surface area contributed by atoms with Crippen LogP contribution in [0.4, 0.5) is 5.95 Å². The Morgan fingerprint density at radius 2 is 2.31 bits per heavy atom. The summed E-state index contributed by atoms with van der Waals surface area (Å²) < 4.78 is 24.6. The molecule has 0 aromatic carbocycles. The maximum Gasteiger partial charge on any atom is 0.220 e. The first-order valence-electron chi connectivity index (χ1n) is 5.04. The van der Waals surface area contributed by atoms with Crippen molar-refractivity contribution in [2.24, 2.45) is 0 Å². The van der Waals surface area contributed by atoms with Crippen LogP contribution in [0.3, 0.4) is 0 Å². The molecule has 1 fully saturated rings. The minimum atomic E-state index is -3.18. The van der Waals surface area contributed by atoms with E-state index in [1.165, 1.54) is 10.6 Å². The van der Waals surface area contributed by atoms with Crippen LogP contribution in [0.2, 0.25) is 0 Å². The average molecular weight is 242 g/mol. The number of aromatic nitrogens is 2. The lowest BCUT2D eigenvalue weighted by atomic mass is 10.1. The van der Waals surface area contributed by atoms with Crippen molar-refractivity contribution in [2.75, 3.05) is 18.5 Å². The molecule has 7 heteroatoms. The second kappa shape index (κ2) is 3.99. The summed E-state index contributed by atoms with van der Waals surface area (Å²) in [4.78, 5) is 7.88. The molecule has 1 aromatic rings. The van der Waals surface area contributed by atoms with E-state index in [1.807, 2.05) is 0 Å². The molecule has 1 atom stereocenters. The molecule has 0 bridgehead atoms. The minimum absolute atomic E-state index is 0.179. The van der Waals surface area contributed by atoms with E-state index >= 15 is 0 Å². The third-order valence-electron chi connectivity index (χ3n) is 2.67. The predicted octanol–water partition coefficient (Wildman–Crippen LogP) is 0.155. The Balaban J connectivity index is 2.34. The number of hydrogen-bond donors (Lipinski definition) is 1. The molecule has 0 saturated carbocycles. The predicted molar refractivity (Wildman–Crippen MR) is 60.0 cm³/mol. The summed E-state index contributed by atoms with van der Waals surface area (Å²) in [5.41, 5.74) is 6.17. The van der Waals surface area contributed by atoms with Crippen molar-refractivity contribution in [1.82, 2.24) is 14.3 Å². The monoisotopic (exact) mass is 242 g/mol. The molecular weight excluding hydrogens is 228 g/mol. The Morgan fingerprint density at radius 1 is 1.56 bits per heavy atom. The van der Waals surface area contributed by atoms with Crippen LogP contribution >= 0.6 is 0 Å². The van der Waals surface area contributed by atoms with Gasteiger partial charge in [-0.05, 0) is 18.9 Å². The van der Waals surface area contributed by atoms with Crippen molar-refractivity contribution in [1.29, 1.82) is 0 Å². The molecule has 6 nitrogen and oxygen atoms in total. The van der Waals surface area contributed by atoms with Crippen LogP contribution in [0.5, 0.6) is 0 Å². The Morgan fingerprint density at radius 3 is 2.94 bits per heavy atom.